The van der Waals surface area contributed by atoms with Crippen molar-refractivity contribution in [2.24, 2.45) is 0 Å². The number of amidine groups is 1. The molecule has 0 aromatic heterocycles. The molecule has 1 aliphatic heterocycles. The lowest BCUT2D eigenvalue weighted by atomic mass is 10.1. The van der Waals surface area contributed by atoms with Crippen LogP contribution in [0, 0.1) is 11.2 Å². The van der Waals surface area contributed by atoms with E-state index in [9.17, 15) is 4.39 Å². The van der Waals surface area contributed by atoms with E-state index in [0.29, 0.717) is 11.6 Å². The van der Waals surface area contributed by atoms with Gasteiger partial charge in [0.15, 0.2) is 0 Å². The first-order valence-electron chi connectivity index (χ1n) is 5.57. The molecule has 0 aliphatic carbocycles. The minimum atomic E-state index is -0.403. The van der Waals surface area contributed by atoms with Crippen LogP contribution in [0.3, 0.4) is 0 Å². The van der Waals surface area contributed by atoms with E-state index >= 15 is 0 Å². The van der Waals surface area contributed by atoms with Crippen LogP contribution in [0.25, 0.3) is 0 Å². The SMILES string of the molecule is N=C1c2ccccc2CN1c1c(F)cccc1Cl. The monoisotopic (exact) mass is 260 g/mol. The smallest absolute Gasteiger partial charge is 0.148 e. The molecule has 0 amide bonds. The van der Waals surface area contributed by atoms with Gasteiger partial charge in [0.2, 0.25) is 0 Å². The Balaban J connectivity index is 2.10. The molecule has 0 bridgehead atoms. The van der Waals surface area contributed by atoms with Gasteiger partial charge in [-0.15, -0.1) is 0 Å². The number of nitrogens with zero attached hydrogens (tertiary/aromatic N) is 1. The highest BCUT2D eigenvalue weighted by molar-refractivity contribution is 6.34. The standard InChI is InChI=1S/C14H10ClFN2/c15-11-6-3-7-12(16)13(11)18-8-9-4-1-2-5-10(9)14(18)17/h1-7,17H,8H2. The zero-order chi connectivity index (χ0) is 12.7. The third-order valence-corrected chi connectivity index (χ3v) is 3.38. The maximum atomic E-state index is 13.9. The molecular formula is C14H10ClFN2. The van der Waals surface area contributed by atoms with Gasteiger partial charge < -0.3 is 4.90 Å². The zero-order valence-electron chi connectivity index (χ0n) is 9.45. The third kappa shape index (κ3) is 1.59. The largest absolute Gasteiger partial charge is 0.318 e. The van der Waals surface area contributed by atoms with Crippen LogP contribution in [0.4, 0.5) is 10.1 Å². The molecule has 0 fully saturated rings. The summed E-state index contributed by atoms with van der Waals surface area (Å²) in [7, 11) is 0. The summed E-state index contributed by atoms with van der Waals surface area (Å²) in [6, 6.07) is 12.2. The van der Waals surface area contributed by atoms with Crippen LogP contribution in [-0.4, -0.2) is 5.84 Å². The number of anilines is 1. The minimum Gasteiger partial charge on any atom is -0.318 e. The molecule has 3 rings (SSSR count). The number of benzene rings is 2. The Bertz CT molecular complexity index is 619. The predicted molar refractivity (Wildman–Crippen MR) is 70.9 cm³/mol. The van der Waals surface area contributed by atoms with Crippen molar-refractivity contribution < 1.29 is 4.39 Å². The zero-order valence-corrected chi connectivity index (χ0v) is 10.2. The molecule has 0 spiro atoms. The summed E-state index contributed by atoms with van der Waals surface area (Å²) in [4.78, 5) is 1.60. The van der Waals surface area contributed by atoms with Gasteiger partial charge in [-0.3, -0.25) is 5.41 Å². The van der Waals surface area contributed by atoms with E-state index in [4.69, 9.17) is 17.0 Å². The number of rotatable bonds is 1. The lowest BCUT2D eigenvalue weighted by Gasteiger charge is -2.19. The Morgan fingerprint density at radius 3 is 2.61 bits per heavy atom. The lowest BCUT2D eigenvalue weighted by Crippen LogP contribution is -2.24. The Labute approximate surface area is 109 Å². The fourth-order valence-electron chi connectivity index (χ4n) is 2.22. The van der Waals surface area contributed by atoms with E-state index in [-0.39, 0.29) is 11.5 Å². The predicted octanol–water partition coefficient (Wildman–Crippen LogP) is 3.82. The van der Waals surface area contributed by atoms with Crippen molar-refractivity contribution in [3.05, 3.63) is 64.4 Å². The van der Waals surface area contributed by atoms with E-state index in [0.717, 1.165) is 11.1 Å². The van der Waals surface area contributed by atoms with Crippen molar-refractivity contribution in [1.82, 2.24) is 0 Å². The van der Waals surface area contributed by atoms with Gasteiger partial charge in [0, 0.05) is 5.56 Å². The summed E-state index contributed by atoms with van der Waals surface area (Å²) in [6.45, 7) is 0.482. The topological polar surface area (TPSA) is 27.1 Å². The molecule has 2 aromatic carbocycles. The van der Waals surface area contributed by atoms with Gasteiger partial charge in [0.05, 0.1) is 17.3 Å². The molecule has 2 nitrogen and oxygen atoms in total. The van der Waals surface area contributed by atoms with E-state index < -0.39 is 5.82 Å². The van der Waals surface area contributed by atoms with Gasteiger partial charge in [-0.25, -0.2) is 4.39 Å². The first kappa shape index (κ1) is 11.2. The van der Waals surface area contributed by atoms with Crippen LogP contribution in [0.5, 0.6) is 0 Å². The lowest BCUT2D eigenvalue weighted by molar-refractivity contribution is 0.626. The van der Waals surface area contributed by atoms with Gasteiger partial charge in [-0.1, -0.05) is 41.9 Å². The molecule has 0 saturated carbocycles. The van der Waals surface area contributed by atoms with Crippen LogP contribution in [0.2, 0.25) is 5.02 Å². The van der Waals surface area contributed by atoms with E-state index in [1.54, 1.807) is 17.0 Å². The molecule has 1 aliphatic rings. The number of nitrogens with one attached hydrogen (secondary N) is 1. The fraction of sp³-hybridized carbons (Fsp3) is 0.0714. The van der Waals surface area contributed by atoms with Crippen LogP contribution in [0.15, 0.2) is 42.5 Å². The summed E-state index contributed by atoms with van der Waals surface area (Å²) in [6.07, 6.45) is 0. The van der Waals surface area contributed by atoms with E-state index in [1.807, 2.05) is 24.3 Å². The summed E-state index contributed by atoms with van der Waals surface area (Å²) >= 11 is 6.04. The highest BCUT2D eigenvalue weighted by Crippen LogP contribution is 2.34. The second kappa shape index (κ2) is 4.10. The molecule has 1 heterocycles. The molecule has 2 aromatic rings. The Morgan fingerprint density at radius 1 is 1.11 bits per heavy atom. The Morgan fingerprint density at radius 2 is 1.89 bits per heavy atom. The Kier molecular flexibility index (Phi) is 2.56. The number of fused-ring (bicyclic) bond motifs is 1. The van der Waals surface area contributed by atoms with Crippen molar-refractivity contribution in [3.63, 3.8) is 0 Å². The van der Waals surface area contributed by atoms with Crippen LogP contribution in [0.1, 0.15) is 11.1 Å². The van der Waals surface area contributed by atoms with Gasteiger partial charge in [0.25, 0.3) is 0 Å². The summed E-state index contributed by atoms with van der Waals surface area (Å²) in [5, 5.41) is 8.45. The van der Waals surface area contributed by atoms with Crippen LogP contribution >= 0.6 is 11.6 Å². The van der Waals surface area contributed by atoms with Crippen LogP contribution < -0.4 is 4.90 Å². The maximum absolute atomic E-state index is 13.9. The normalized spacial score (nSPS) is 13.9. The van der Waals surface area contributed by atoms with Gasteiger partial charge >= 0.3 is 0 Å². The van der Waals surface area contributed by atoms with E-state index in [1.165, 1.54) is 6.07 Å². The van der Waals surface area contributed by atoms with Gasteiger partial charge in [0.1, 0.15) is 11.7 Å². The summed E-state index contributed by atoms with van der Waals surface area (Å²) in [5.74, 6) is -0.113. The second-order valence-electron chi connectivity index (χ2n) is 4.16. The molecule has 0 atom stereocenters. The first-order chi connectivity index (χ1) is 8.68. The van der Waals surface area contributed by atoms with Crippen molar-refractivity contribution >= 4 is 23.1 Å². The van der Waals surface area contributed by atoms with Crippen molar-refractivity contribution in [3.8, 4) is 0 Å². The van der Waals surface area contributed by atoms with Gasteiger partial charge in [-0.2, -0.15) is 0 Å². The third-order valence-electron chi connectivity index (χ3n) is 3.08. The molecule has 0 radical (unpaired) electrons. The van der Waals surface area contributed by atoms with Crippen LogP contribution in [-0.2, 0) is 6.54 Å². The van der Waals surface area contributed by atoms with Crippen molar-refractivity contribution in [1.29, 1.82) is 5.41 Å². The fourth-order valence-corrected chi connectivity index (χ4v) is 2.49. The summed E-state index contributed by atoms with van der Waals surface area (Å²) in [5.41, 5.74) is 2.12. The molecule has 0 saturated heterocycles. The Hall–Kier alpha value is -1.87. The maximum Gasteiger partial charge on any atom is 0.148 e. The minimum absolute atomic E-state index is 0.278. The molecule has 0 unspecified atom stereocenters. The average Bonchev–Trinajstić information content (AvgIpc) is 2.68. The summed E-state index contributed by atoms with van der Waals surface area (Å²) < 4.78 is 13.9. The van der Waals surface area contributed by atoms with Gasteiger partial charge in [-0.05, 0) is 17.7 Å². The molecule has 90 valence electrons. The highest BCUT2D eigenvalue weighted by Gasteiger charge is 2.28. The molecular weight excluding hydrogens is 251 g/mol. The quantitative estimate of drug-likeness (QED) is 0.829. The molecule has 18 heavy (non-hydrogen) atoms. The first-order valence-corrected chi connectivity index (χ1v) is 5.94. The van der Waals surface area contributed by atoms with Crippen molar-refractivity contribution in [2.75, 3.05) is 4.90 Å². The number of para-hydroxylation sites is 1. The highest BCUT2D eigenvalue weighted by atomic mass is 35.5. The second-order valence-corrected chi connectivity index (χ2v) is 4.57. The molecule has 1 N–H and O–H groups in total. The molecule has 4 heteroatoms. The number of halogens is 2. The number of hydrogen-bond donors (Lipinski definition) is 1. The van der Waals surface area contributed by atoms with Crippen molar-refractivity contribution in [2.45, 2.75) is 6.54 Å². The average molecular weight is 261 g/mol. The number of hydrogen-bond acceptors (Lipinski definition) is 1. The van der Waals surface area contributed by atoms with E-state index in [2.05, 4.69) is 0 Å².